The number of benzene rings is 3. The van der Waals surface area contributed by atoms with Gasteiger partial charge in [0.2, 0.25) is 0 Å². The lowest BCUT2D eigenvalue weighted by atomic mass is 10.0. The van der Waals surface area contributed by atoms with Crippen LogP contribution in [0.2, 0.25) is 0 Å². The maximum absolute atomic E-state index is 13.3. The van der Waals surface area contributed by atoms with Crippen LogP contribution in [-0.2, 0) is 22.9 Å². The molecule has 2 heterocycles. The van der Waals surface area contributed by atoms with Gasteiger partial charge in [-0.1, -0.05) is 30.3 Å². The normalized spacial score (nSPS) is 11.7. The number of aromatic nitrogens is 4. The molecule has 0 aliphatic rings. The van der Waals surface area contributed by atoms with Crippen LogP contribution in [0.5, 0.6) is 0 Å². The maximum atomic E-state index is 13.3. The Labute approximate surface area is 227 Å². The van der Waals surface area contributed by atoms with Gasteiger partial charge in [0.15, 0.2) is 9.84 Å². The van der Waals surface area contributed by atoms with Crippen LogP contribution in [0.25, 0.3) is 22.0 Å². The second kappa shape index (κ2) is 10.8. The Kier molecular flexibility index (Phi) is 7.26. The standard InChI is InChI=1S/C28H23F2N5O4S/c1-40(38,39)21-7-3-4-17(11-21)13-31-27(36)20-6-2-5-18(10-20)15-35-16-32-24-12-19(8-9-22(24)28(35)37)23-14-33-34-25(23)26(29)30/h2-12,14,16,26H,13,15H2,1H3,(H,31,36)(H,33,34). The highest BCUT2D eigenvalue weighted by molar-refractivity contribution is 7.90. The molecule has 2 N–H and O–H groups in total. The number of carbonyl (C=O) groups is 1. The second-order valence-corrected chi connectivity index (χ2v) is 11.2. The van der Waals surface area contributed by atoms with Crippen molar-refractivity contribution in [3.05, 3.63) is 112 Å². The van der Waals surface area contributed by atoms with E-state index < -0.39 is 16.3 Å². The molecule has 3 aromatic carbocycles. The number of alkyl halides is 2. The zero-order valence-corrected chi connectivity index (χ0v) is 22.0. The highest BCUT2D eigenvalue weighted by Gasteiger charge is 2.17. The van der Waals surface area contributed by atoms with Crippen LogP contribution in [0.15, 0.2) is 88.9 Å². The van der Waals surface area contributed by atoms with Crippen LogP contribution < -0.4 is 10.9 Å². The minimum Gasteiger partial charge on any atom is -0.348 e. The molecule has 5 aromatic rings. The largest absolute Gasteiger partial charge is 0.348 e. The van der Waals surface area contributed by atoms with E-state index in [9.17, 15) is 26.8 Å². The van der Waals surface area contributed by atoms with Gasteiger partial charge in [0.25, 0.3) is 17.9 Å². The summed E-state index contributed by atoms with van der Waals surface area (Å²) in [4.78, 5) is 30.4. The van der Waals surface area contributed by atoms with E-state index in [0.717, 1.165) is 6.26 Å². The molecule has 40 heavy (non-hydrogen) atoms. The molecule has 204 valence electrons. The average Bonchev–Trinajstić information content (AvgIpc) is 3.44. The Morgan fingerprint density at radius 2 is 1.82 bits per heavy atom. The van der Waals surface area contributed by atoms with Crippen molar-refractivity contribution in [2.75, 3.05) is 6.26 Å². The summed E-state index contributed by atoms with van der Waals surface area (Å²) in [5.74, 6) is -0.356. The molecule has 0 unspecified atom stereocenters. The predicted molar refractivity (Wildman–Crippen MR) is 145 cm³/mol. The van der Waals surface area contributed by atoms with Gasteiger partial charge < -0.3 is 5.32 Å². The van der Waals surface area contributed by atoms with E-state index in [1.54, 1.807) is 54.6 Å². The molecule has 0 saturated heterocycles. The van der Waals surface area contributed by atoms with Crippen LogP contribution in [-0.4, -0.2) is 40.3 Å². The van der Waals surface area contributed by atoms with E-state index in [4.69, 9.17) is 0 Å². The summed E-state index contributed by atoms with van der Waals surface area (Å²) >= 11 is 0. The number of H-pyrrole nitrogens is 1. The molecule has 0 radical (unpaired) electrons. The van der Waals surface area contributed by atoms with Crippen LogP contribution in [0.1, 0.15) is 33.6 Å². The first-order valence-electron chi connectivity index (χ1n) is 12.1. The molecule has 2 aromatic heterocycles. The van der Waals surface area contributed by atoms with E-state index in [2.05, 4.69) is 20.5 Å². The summed E-state index contributed by atoms with van der Waals surface area (Å²) in [6, 6.07) is 17.8. The number of fused-ring (bicyclic) bond motifs is 1. The van der Waals surface area contributed by atoms with Crippen LogP contribution in [0, 0.1) is 0 Å². The Morgan fingerprint density at radius 3 is 2.60 bits per heavy atom. The minimum atomic E-state index is -3.36. The number of hydrogen-bond acceptors (Lipinski definition) is 6. The summed E-state index contributed by atoms with van der Waals surface area (Å²) in [5, 5.41) is 9.09. The Morgan fingerprint density at radius 1 is 1.05 bits per heavy atom. The Hall–Kier alpha value is -4.71. The predicted octanol–water partition coefficient (Wildman–Crippen LogP) is 4.11. The third-order valence-electron chi connectivity index (χ3n) is 6.35. The first kappa shape index (κ1) is 26.9. The van der Waals surface area contributed by atoms with E-state index in [0.29, 0.717) is 33.2 Å². The van der Waals surface area contributed by atoms with Gasteiger partial charge in [0, 0.05) is 23.9 Å². The van der Waals surface area contributed by atoms with E-state index >= 15 is 0 Å². The molecular formula is C28H23F2N5O4S. The number of sulfone groups is 1. The Balaban J connectivity index is 1.33. The molecule has 12 heteroatoms. The number of nitrogens with zero attached hydrogens (tertiary/aromatic N) is 3. The molecule has 0 spiro atoms. The quantitative estimate of drug-likeness (QED) is 0.293. The number of aromatic amines is 1. The summed E-state index contributed by atoms with van der Waals surface area (Å²) in [5.41, 5.74) is 2.13. The van der Waals surface area contributed by atoms with Crippen LogP contribution in [0.4, 0.5) is 8.78 Å². The van der Waals surface area contributed by atoms with Crippen molar-refractivity contribution in [1.82, 2.24) is 25.1 Å². The number of nitrogens with one attached hydrogen (secondary N) is 2. The van der Waals surface area contributed by atoms with Gasteiger partial charge in [-0.3, -0.25) is 19.3 Å². The number of rotatable bonds is 8. The van der Waals surface area contributed by atoms with E-state index in [1.807, 2.05) is 0 Å². The van der Waals surface area contributed by atoms with Gasteiger partial charge in [-0.05, 0) is 53.1 Å². The summed E-state index contributed by atoms with van der Waals surface area (Å²) in [6.07, 6.45) is 1.08. The van der Waals surface area contributed by atoms with Crippen LogP contribution >= 0.6 is 0 Å². The second-order valence-electron chi connectivity index (χ2n) is 9.21. The van der Waals surface area contributed by atoms with Crippen LogP contribution in [0.3, 0.4) is 0 Å². The maximum Gasteiger partial charge on any atom is 0.280 e. The fourth-order valence-corrected chi connectivity index (χ4v) is 5.00. The summed E-state index contributed by atoms with van der Waals surface area (Å²) < 4.78 is 51.5. The monoisotopic (exact) mass is 563 g/mol. The number of halogens is 2. The molecule has 0 saturated carbocycles. The molecular weight excluding hydrogens is 540 g/mol. The van der Waals surface area contributed by atoms with Gasteiger partial charge in [0.05, 0.1) is 34.9 Å². The fraction of sp³-hybridized carbons (Fsp3) is 0.143. The zero-order valence-electron chi connectivity index (χ0n) is 21.1. The molecule has 9 nitrogen and oxygen atoms in total. The molecule has 5 rings (SSSR count). The molecule has 0 aliphatic heterocycles. The highest BCUT2D eigenvalue weighted by Crippen LogP contribution is 2.30. The van der Waals surface area contributed by atoms with Crippen molar-refractivity contribution in [3.8, 4) is 11.1 Å². The van der Waals surface area contributed by atoms with Crippen molar-refractivity contribution in [1.29, 1.82) is 0 Å². The number of hydrogen-bond donors (Lipinski definition) is 2. The lowest BCUT2D eigenvalue weighted by Crippen LogP contribution is -2.24. The molecule has 1 amide bonds. The van der Waals surface area contributed by atoms with Gasteiger partial charge in [-0.25, -0.2) is 22.2 Å². The summed E-state index contributed by atoms with van der Waals surface area (Å²) in [7, 11) is -3.36. The first-order valence-corrected chi connectivity index (χ1v) is 14.0. The molecule has 0 bridgehead atoms. The molecule has 0 fully saturated rings. The summed E-state index contributed by atoms with van der Waals surface area (Å²) in [6.45, 7) is 0.290. The third-order valence-corrected chi connectivity index (χ3v) is 7.46. The molecule has 0 atom stereocenters. The smallest absolute Gasteiger partial charge is 0.280 e. The SMILES string of the molecule is CS(=O)(=O)c1cccc(CNC(=O)c2cccc(Cn3cnc4cc(-c5cn[nH]c5C(F)F)ccc4c3=O)c2)c1. The minimum absolute atomic E-state index is 0.139. The number of carbonyl (C=O) groups excluding carboxylic acids is 1. The highest BCUT2D eigenvalue weighted by atomic mass is 32.2. The average molecular weight is 564 g/mol. The van der Waals surface area contributed by atoms with Crippen molar-refractivity contribution in [2.45, 2.75) is 24.4 Å². The third kappa shape index (κ3) is 5.66. The van der Waals surface area contributed by atoms with Gasteiger partial charge in [-0.15, -0.1) is 0 Å². The lowest BCUT2D eigenvalue weighted by Gasteiger charge is -2.10. The molecule has 0 aliphatic carbocycles. The van der Waals surface area contributed by atoms with Gasteiger partial charge in [-0.2, -0.15) is 5.10 Å². The Bertz CT molecular complexity index is 1900. The van der Waals surface area contributed by atoms with Crippen molar-refractivity contribution in [2.24, 2.45) is 0 Å². The van der Waals surface area contributed by atoms with Gasteiger partial charge in [0.1, 0.15) is 5.69 Å². The zero-order chi connectivity index (χ0) is 28.4. The van der Waals surface area contributed by atoms with Crippen molar-refractivity contribution in [3.63, 3.8) is 0 Å². The van der Waals surface area contributed by atoms with E-state index in [-0.39, 0.29) is 40.7 Å². The topological polar surface area (TPSA) is 127 Å². The van der Waals surface area contributed by atoms with E-state index in [1.165, 1.54) is 29.2 Å². The lowest BCUT2D eigenvalue weighted by molar-refractivity contribution is 0.0950. The van der Waals surface area contributed by atoms with Crippen molar-refractivity contribution < 1.29 is 22.0 Å². The first-order chi connectivity index (χ1) is 19.1. The number of amides is 1. The van der Waals surface area contributed by atoms with Gasteiger partial charge >= 0.3 is 0 Å². The fourth-order valence-electron chi connectivity index (χ4n) is 4.31. The van der Waals surface area contributed by atoms with Crippen molar-refractivity contribution >= 4 is 26.6 Å².